The normalized spacial score (nSPS) is 13.9. The van der Waals surface area contributed by atoms with Crippen molar-refractivity contribution >= 4 is 35.6 Å². The molecule has 2 aromatic carbocycles. The van der Waals surface area contributed by atoms with Gasteiger partial charge in [-0.2, -0.15) is 0 Å². The van der Waals surface area contributed by atoms with Gasteiger partial charge in [-0.25, -0.2) is 9.37 Å². The van der Waals surface area contributed by atoms with Crippen LogP contribution in [-0.2, 0) is 6.54 Å². The molecule has 0 unspecified atom stereocenters. The zero-order valence-corrected chi connectivity index (χ0v) is 20.6. The van der Waals surface area contributed by atoms with Crippen LogP contribution in [0.25, 0.3) is 0 Å². The number of pyridine rings is 1. The number of ether oxygens (including phenoxy) is 1. The van der Waals surface area contributed by atoms with Crippen molar-refractivity contribution in [3.05, 3.63) is 78.2 Å². The minimum absolute atomic E-state index is 0. The van der Waals surface area contributed by atoms with Crippen LogP contribution >= 0.6 is 24.0 Å². The average Bonchev–Trinajstić information content (AvgIpc) is 2.82. The highest BCUT2D eigenvalue weighted by atomic mass is 127. The Morgan fingerprint density at radius 3 is 2.52 bits per heavy atom. The van der Waals surface area contributed by atoms with Crippen LogP contribution in [0.5, 0.6) is 17.4 Å². The van der Waals surface area contributed by atoms with Crippen molar-refractivity contribution in [3.8, 4) is 17.4 Å². The van der Waals surface area contributed by atoms with Gasteiger partial charge < -0.3 is 25.0 Å². The maximum absolute atomic E-state index is 13.1. The maximum Gasteiger partial charge on any atom is 0.219 e. The van der Waals surface area contributed by atoms with Crippen LogP contribution in [0, 0.1) is 5.82 Å². The highest BCUT2D eigenvalue weighted by Gasteiger charge is 2.21. The van der Waals surface area contributed by atoms with E-state index in [2.05, 4.69) is 25.1 Å². The van der Waals surface area contributed by atoms with Crippen LogP contribution in [-0.4, -0.2) is 54.2 Å². The third-order valence-electron chi connectivity index (χ3n) is 5.30. The predicted molar refractivity (Wildman–Crippen MR) is 138 cm³/mol. The molecule has 1 aliphatic rings. The monoisotopic (exact) mass is 563 g/mol. The second-order valence-electron chi connectivity index (χ2n) is 7.42. The number of phenolic OH excluding ortho intramolecular Hbond substituents is 1. The first-order valence-electron chi connectivity index (χ1n) is 10.5. The molecule has 4 rings (SSSR count). The van der Waals surface area contributed by atoms with Gasteiger partial charge >= 0.3 is 0 Å². The molecule has 1 saturated heterocycles. The number of nitrogens with zero attached hydrogens (tertiary/aromatic N) is 4. The molecule has 1 fully saturated rings. The molecule has 1 aromatic heterocycles. The summed E-state index contributed by atoms with van der Waals surface area (Å²) in [6.45, 7) is 3.74. The number of para-hydroxylation sites is 2. The minimum atomic E-state index is -0.309. The molecule has 0 radical (unpaired) electrons. The summed E-state index contributed by atoms with van der Waals surface area (Å²) < 4.78 is 18.8. The van der Waals surface area contributed by atoms with Gasteiger partial charge in [-0.05, 0) is 48.0 Å². The van der Waals surface area contributed by atoms with Crippen molar-refractivity contribution in [2.75, 3.05) is 38.1 Å². The summed E-state index contributed by atoms with van der Waals surface area (Å²) in [6.07, 6.45) is 1.68. The van der Waals surface area contributed by atoms with Crippen LogP contribution in [0.2, 0.25) is 0 Å². The molecule has 3 aromatic rings. The standard InChI is InChI=1S/C24H26FN5O2.HI/c1-26-24(30-14-12-29(13-15-30)21-4-2-3-5-22(21)31)28-17-18-10-11-27-23(16-18)32-20-8-6-19(25)7-9-20;/h2-11,16,31H,12-15,17H2,1H3,(H,26,28);1H. The van der Waals surface area contributed by atoms with E-state index >= 15 is 0 Å². The lowest BCUT2D eigenvalue weighted by atomic mass is 10.2. The number of halogens is 2. The van der Waals surface area contributed by atoms with E-state index in [4.69, 9.17) is 4.74 Å². The van der Waals surface area contributed by atoms with E-state index in [-0.39, 0.29) is 29.8 Å². The predicted octanol–water partition coefficient (Wildman–Crippen LogP) is 4.23. The highest BCUT2D eigenvalue weighted by molar-refractivity contribution is 14.0. The number of benzene rings is 2. The molecule has 7 nitrogen and oxygen atoms in total. The lowest BCUT2D eigenvalue weighted by Gasteiger charge is -2.37. The zero-order chi connectivity index (χ0) is 22.3. The number of guanidine groups is 1. The highest BCUT2D eigenvalue weighted by Crippen LogP contribution is 2.27. The Morgan fingerprint density at radius 2 is 1.82 bits per heavy atom. The topological polar surface area (TPSA) is 73.2 Å². The van der Waals surface area contributed by atoms with Crippen molar-refractivity contribution in [2.24, 2.45) is 4.99 Å². The number of nitrogens with one attached hydrogen (secondary N) is 1. The Labute approximate surface area is 209 Å². The third kappa shape index (κ3) is 6.47. The van der Waals surface area contributed by atoms with Crippen LogP contribution in [0.1, 0.15) is 5.56 Å². The Balaban J connectivity index is 0.00000306. The fourth-order valence-corrected chi connectivity index (χ4v) is 3.64. The number of phenols is 1. The fourth-order valence-electron chi connectivity index (χ4n) is 3.64. The summed E-state index contributed by atoms with van der Waals surface area (Å²) in [7, 11) is 1.77. The van der Waals surface area contributed by atoms with E-state index in [1.165, 1.54) is 12.1 Å². The molecular formula is C24H27FIN5O2. The number of aromatic nitrogens is 1. The van der Waals surface area contributed by atoms with Gasteiger partial charge in [-0.1, -0.05) is 12.1 Å². The lowest BCUT2D eigenvalue weighted by molar-refractivity contribution is 0.369. The lowest BCUT2D eigenvalue weighted by Crippen LogP contribution is -2.52. The first-order valence-corrected chi connectivity index (χ1v) is 10.5. The molecule has 9 heteroatoms. The Hall–Kier alpha value is -3.08. The molecule has 0 amide bonds. The first-order chi connectivity index (χ1) is 15.6. The second-order valence-corrected chi connectivity index (χ2v) is 7.42. The molecule has 0 bridgehead atoms. The van der Waals surface area contributed by atoms with E-state index < -0.39 is 0 Å². The molecule has 33 heavy (non-hydrogen) atoms. The number of anilines is 1. The van der Waals surface area contributed by atoms with E-state index in [1.807, 2.05) is 30.3 Å². The van der Waals surface area contributed by atoms with Gasteiger partial charge in [0.1, 0.15) is 17.3 Å². The largest absolute Gasteiger partial charge is 0.506 e. The van der Waals surface area contributed by atoms with E-state index in [0.29, 0.717) is 23.9 Å². The van der Waals surface area contributed by atoms with Gasteiger partial charge in [0.2, 0.25) is 5.88 Å². The van der Waals surface area contributed by atoms with Gasteiger partial charge in [0.25, 0.3) is 0 Å². The average molecular weight is 563 g/mol. The number of aromatic hydroxyl groups is 1. The number of hydrogen-bond acceptors (Lipinski definition) is 5. The summed E-state index contributed by atoms with van der Waals surface area (Å²) in [6, 6.07) is 17.0. The Bertz CT molecular complexity index is 1070. The van der Waals surface area contributed by atoms with Crippen LogP contribution in [0.3, 0.4) is 0 Å². The maximum atomic E-state index is 13.1. The van der Waals surface area contributed by atoms with Gasteiger partial charge in [0.05, 0.1) is 5.69 Å². The third-order valence-corrected chi connectivity index (χ3v) is 5.30. The number of piperazine rings is 1. The van der Waals surface area contributed by atoms with Gasteiger partial charge in [-0.3, -0.25) is 4.99 Å². The number of hydrogen-bond donors (Lipinski definition) is 2. The van der Waals surface area contributed by atoms with Crippen molar-refractivity contribution in [3.63, 3.8) is 0 Å². The second kappa shape index (κ2) is 11.7. The van der Waals surface area contributed by atoms with Crippen molar-refractivity contribution in [1.29, 1.82) is 0 Å². The summed E-state index contributed by atoms with van der Waals surface area (Å²) in [4.78, 5) is 13.0. The summed E-state index contributed by atoms with van der Waals surface area (Å²) in [5.41, 5.74) is 1.85. The SMILES string of the molecule is CN=C(NCc1ccnc(Oc2ccc(F)cc2)c1)N1CCN(c2ccccc2O)CC1.I. The molecule has 0 aliphatic carbocycles. The minimum Gasteiger partial charge on any atom is -0.506 e. The van der Waals surface area contributed by atoms with E-state index in [9.17, 15) is 9.50 Å². The van der Waals surface area contributed by atoms with Crippen molar-refractivity contribution in [2.45, 2.75) is 6.54 Å². The Kier molecular flexibility index (Phi) is 8.70. The summed E-state index contributed by atoms with van der Waals surface area (Å²) in [5, 5.41) is 13.5. The molecule has 0 atom stereocenters. The number of aliphatic imine (C=N–C) groups is 1. The van der Waals surface area contributed by atoms with E-state index in [0.717, 1.165) is 43.4 Å². The Morgan fingerprint density at radius 1 is 1.09 bits per heavy atom. The van der Waals surface area contributed by atoms with Crippen LogP contribution < -0.4 is 15.0 Å². The molecule has 2 heterocycles. The van der Waals surface area contributed by atoms with Crippen molar-refractivity contribution in [1.82, 2.24) is 15.2 Å². The number of rotatable bonds is 5. The summed E-state index contributed by atoms with van der Waals surface area (Å²) >= 11 is 0. The smallest absolute Gasteiger partial charge is 0.219 e. The van der Waals surface area contributed by atoms with E-state index in [1.54, 1.807) is 31.4 Å². The van der Waals surface area contributed by atoms with Gasteiger partial charge in [0.15, 0.2) is 5.96 Å². The molecule has 0 spiro atoms. The zero-order valence-electron chi connectivity index (χ0n) is 18.3. The first kappa shape index (κ1) is 24.6. The van der Waals surface area contributed by atoms with Crippen LogP contribution in [0.15, 0.2) is 71.9 Å². The molecular weight excluding hydrogens is 536 g/mol. The molecule has 1 aliphatic heterocycles. The van der Waals surface area contributed by atoms with Crippen molar-refractivity contribution < 1.29 is 14.2 Å². The molecule has 0 saturated carbocycles. The van der Waals surface area contributed by atoms with Gasteiger partial charge in [-0.15, -0.1) is 24.0 Å². The van der Waals surface area contributed by atoms with Gasteiger partial charge in [0, 0.05) is 52.0 Å². The quantitative estimate of drug-likeness (QED) is 0.275. The fraction of sp³-hybridized carbons (Fsp3) is 0.250. The summed E-state index contributed by atoms with van der Waals surface area (Å²) in [5.74, 6) is 1.79. The molecule has 174 valence electrons. The van der Waals surface area contributed by atoms with Crippen LogP contribution in [0.4, 0.5) is 10.1 Å². The molecule has 2 N–H and O–H groups in total.